The van der Waals surface area contributed by atoms with Crippen molar-refractivity contribution in [1.29, 1.82) is 0 Å². The molecule has 0 radical (unpaired) electrons. The molecule has 3 aromatic rings. The second-order valence-electron chi connectivity index (χ2n) is 7.13. The summed E-state index contributed by atoms with van der Waals surface area (Å²) in [5.74, 6) is 7.24. The first-order valence-corrected chi connectivity index (χ1v) is 11.0. The van der Waals surface area contributed by atoms with Gasteiger partial charge in [0.05, 0.1) is 23.6 Å². The van der Waals surface area contributed by atoms with Gasteiger partial charge in [0, 0.05) is 5.69 Å². The summed E-state index contributed by atoms with van der Waals surface area (Å²) >= 11 is 1.15. The average Bonchev–Trinajstić information content (AvgIpc) is 3.30. The van der Waals surface area contributed by atoms with Crippen LogP contribution in [0.5, 0.6) is 11.5 Å². The number of Topliss-reactive ketones (excluding diaryl/α,β-unsaturated/α-hetero) is 1. The fraction of sp³-hybridized carbons (Fsp3) is 0.333. The van der Waals surface area contributed by atoms with Crippen LogP contribution in [-0.4, -0.2) is 50.6 Å². The van der Waals surface area contributed by atoms with Crippen LogP contribution in [0.15, 0.2) is 29.4 Å². The van der Waals surface area contributed by atoms with Crippen LogP contribution in [0.2, 0.25) is 0 Å². The first-order chi connectivity index (χ1) is 15.4. The van der Waals surface area contributed by atoms with Gasteiger partial charge in [0.25, 0.3) is 0 Å². The molecule has 168 valence electrons. The Morgan fingerprint density at radius 2 is 2.03 bits per heavy atom. The maximum atomic E-state index is 12.8. The summed E-state index contributed by atoms with van der Waals surface area (Å²) in [7, 11) is 0. The highest BCUT2D eigenvalue weighted by Crippen LogP contribution is 2.35. The van der Waals surface area contributed by atoms with E-state index in [1.807, 2.05) is 18.2 Å². The quantitative estimate of drug-likeness (QED) is 0.237. The van der Waals surface area contributed by atoms with Gasteiger partial charge in [-0.25, -0.2) is 9.47 Å². The molecule has 1 aromatic carbocycles. The summed E-state index contributed by atoms with van der Waals surface area (Å²) in [6.45, 7) is 5.69. The van der Waals surface area contributed by atoms with Crippen LogP contribution in [0.1, 0.15) is 51.0 Å². The van der Waals surface area contributed by atoms with Gasteiger partial charge in [0.15, 0.2) is 29.2 Å². The Balaban J connectivity index is 1.44. The molecule has 0 bridgehead atoms. The lowest BCUT2D eigenvalue weighted by Crippen LogP contribution is -2.27. The van der Waals surface area contributed by atoms with Gasteiger partial charge in [-0.2, -0.15) is 0 Å². The first-order valence-electron chi connectivity index (χ1n) is 10.0. The summed E-state index contributed by atoms with van der Waals surface area (Å²) in [4.78, 5) is 27.9. The largest absolute Gasteiger partial charge is 0.485 e. The van der Waals surface area contributed by atoms with E-state index in [1.165, 1.54) is 4.68 Å². The summed E-state index contributed by atoms with van der Waals surface area (Å²) in [6, 6.07) is 7.34. The van der Waals surface area contributed by atoms with Crippen molar-refractivity contribution in [2.24, 2.45) is 0 Å². The van der Waals surface area contributed by atoms with E-state index < -0.39 is 12.1 Å². The molecule has 32 heavy (non-hydrogen) atoms. The van der Waals surface area contributed by atoms with E-state index in [2.05, 4.69) is 15.2 Å². The second kappa shape index (κ2) is 8.95. The van der Waals surface area contributed by atoms with Crippen LogP contribution in [0.4, 0.5) is 0 Å². The number of nitrogen functional groups attached to an aromatic ring is 1. The number of ketones is 1. The van der Waals surface area contributed by atoms with E-state index in [9.17, 15) is 9.59 Å². The van der Waals surface area contributed by atoms with E-state index in [-0.39, 0.29) is 24.7 Å². The van der Waals surface area contributed by atoms with Crippen LogP contribution >= 0.6 is 11.8 Å². The number of fused-ring (bicyclic) bond motifs is 1. The minimum absolute atomic E-state index is 0.0588. The van der Waals surface area contributed by atoms with Crippen molar-refractivity contribution in [3.8, 4) is 11.5 Å². The number of aromatic nitrogens is 4. The van der Waals surface area contributed by atoms with Crippen LogP contribution < -0.4 is 15.3 Å². The maximum absolute atomic E-state index is 12.8. The number of aromatic amines is 1. The van der Waals surface area contributed by atoms with Crippen LogP contribution in [0.3, 0.4) is 0 Å². The van der Waals surface area contributed by atoms with Gasteiger partial charge in [0.1, 0.15) is 6.61 Å². The molecule has 3 N–H and O–H groups in total. The predicted molar refractivity (Wildman–Crippen MR) is 117 cm³/mol. The number of hydrogen-bond donors (Lipinski definition) is 2. The third-order valence-electron chi connectivity index (χ3n) is 5.02. The molecule has 4 rings (SSSR count). The third-order valence-corrected chi connectivity index (χ3v) is 5.96. The highest BCUT2D eigenvalue weighted by Gasteiger charge is 2.29. The first kappa shape index (κ1) is 21.8. The molecule has 0 aliphatic carbocycles. The number of hydrogen-bond acceptors (Lipinski definition) is 9. The van der Waals surface area contributed by atoms with Crippen molar-refractivity contribution in [2.75, 3.05) is 24.8 Å². The SMILES string of the molecule is CCOC(=O)c1c(C)[nH]c(C(=O)CSc2nnc([C@H]3COc4ccccc4O3)n2N)c1C. The number of nitrogens with zero attached hydrogens (tertiary/aromatic N) is 3. The van der Waals surface area contributed by atoms with Crippen molar-refractivity contribution >= 4 is 23.5 Å². The molecule has 0 fully saturated rings. The number of carbonyl (C=O) groups excluding carboxylic acids is 2. The lowest BCUT2D eigenvalue weighted by Gasteiger charge is -2.25. The van der Waals surface area contributed by atoms with Gasteiger partial charge < -0.3 is 25.0 Å². The fourth-order valence-corrected chi connectivity index (χ4v) is 4.23. The molecule has 1 atom stereocenters. The summed E-state index contributed by atoms with van der Waals surface area (Å²) < 4.78 is 18.0. The van der Waals surface area contributed by atoms with Crippen LogP contribution in [0, 0.1) is 13.8 Å². The fourth-order valence-electron chi connectivity index (χ4n) is 3.49. The number of aryl methyl sites for hydroxylation is 1. The molecule has 2 aromatic heterocycles. The van der Waals surface area contributed by atoms with Gasteiger partial charge in [-0.05, 0) is 38.5 Å². The number of H-pyrrole nitrogens is 1. The molecule has 0 amide bonds. The molecule has 0 unspecified atom stereocenters. The van der Waals surface area contributed by atoms with E-state index in [1.54, 1.807) is 26.8 Å². The molecular formula is C21H23N5O5S. The number of benzene rings is 1. The molecule has 0 saturated carbocycles. The molecule has 11 heteroatoms. The van der Waals surface area contributed by atoms with Crippen LogP contribution in [0.25, 0.3) is 0 Å². The molecular weight excluding hydrogens is 434 g/mol. The Morgan fingerprint density at radius 1 is 1.28 bits per heavy atom. The molecule has 10 nitrogen and oxygen atoms in total. The van der Waals surface area contributed by atoms with Crippen molar-refractivity contribution < 1.29 is 23.8 Å². The van der Waals surface area contributed by atoms with E-state index in [0.29, 0.717) is 45.0 Å². The molecule has 3 heterocycles. The Kier molecular flexibility index (Phi) is 6.08. The van der Waals surface area contributed by atoms with Crippen molar-refractivity contribution in [3.05, 3.63) is 52.6 Å². The number of nitrogens with one attached hydrogen (secondary N) is 1. The lowest BCUT2D eigenvalue weighted by atomic mass is 10.1. The van der Waals surface area contributed by atoms with Crippen molar-refractivity contribution in [1.82, 2.24) is 19.9 Å². The number of nitrogens with two attached hydrogens (primary N) is 1. The molecule has 1 aliphatic rings. The van der Waals surface area contributed by atoms with Gasteiger partial charge in [-0.15, -0.1) is 10.2 Å². The highest BCUT2D eigenvalue weighted by atomic mass is 32.2. The molecule has 0 spiro atoms. The zero-order valence-electron chi connectivity index (χ0n) is 17.9. The Bertz CT molecular complexity index is 1170. The summed E-state index contributed by atoms with van der Waals surface area (Å²) in [6.07, 6.45) is -0.520. The van der Waals surface area contributed by atoms with E-state index in [0.717, 1.165) is 11.8 Å². The topological polar surface area (TPSA) is 134 Å². The number of esters is 1. The van der Waals surface area contributed by atoms with Crippen LogP contribution in [-0.2, 0) is 4.74 Å². The number of rotatable bonds is 7. The predicted octanol–water partition coefficient (Wildman–Crippen LogP) is 2.60. The smallest absolute Gasteiger partial charge is 0.340 e. The van der Waals surface area contributed by atoms with Gasteiger partial charge in [0.2, 0.25) is 5.16 Å². The standard InChI is InChI=1S/C21H23N5O5S/c1-4-29-20(28)17-11(2)18(23-12(17)3)13(27)10-32-21-25-24-19(26(21)22)16-9-30-14-7-5-6-8-15(14)31-16/h5-8,16,23H,4,9-10,22H2,1-3H3/t16-/m1/s1. The van der Waals surface area contributed by atoms with Crippen molar-refractivity contribution in [2.45, 2.75) is 32.0 Å². The number of para-hydroxylation sites is 2. The maximum Gasteiger partial charge on any atom is 0.340 e. The molecule has 0 saturated heterocycles. The molecule has 1 aliphatic heterocycles. The third kappa shape index (κ3) is 4.03. The summed E-state index contributed by atoms with van der Waals surface area (Å²) in [5.41, 5.74) is 1.90. The number of ether oxygens (including phenoxy) is 3. The van der Waals surface area contributed by atoms with E-state index >= 15 is 0 Å². The minimum Gasteiger partial charge on any atom is -0.485 e. The van der Waals surface area contributed by atoms with Gasteiger partial charge in [-0.1, -0.05) is 23.9 Å². The minimum atomic E-state index is -0.520. The zero-order chi connectivity index (χ0) is 22.8. The Morgan fingerprint density at radius 3 is 2.78 bits per heavy atom. The number of thioether (sulfide) groups is 1. The van der Waals surface area contributed by atoms with Gasteiger partial charge in [-0.3, -0.25) is 4.79 Å². The van der Waals surface area contributed by atoms with E-state index in [4.69, 9.17) is 20.1 Å². The monoisotopic (exact) mass is 457 g/mol. The highest BCUT2D eigenvalue weighted by molar-refractivity contribution is 7.99. The summed E-state index contributed by atoms with van der Waals surface area (Å²) in [5, 5.41) is 8.58. The second-order valence-corrected chi connectivity index (χ2v) is 8.07. The average molecular weight is 458 g/mol. The zero-order valence-corrected chi connectivity index (χ0v) is 18.7. The number of carbonyl (C=O) groups is 2. The van der Waals surface area contributed by atoms with Crippen molar-refractivity contribution in [3.63, 3.8) is 0 Å². The normalized spacial score (nSPS) is 14.9. The van der Waals surface area contributed by atoms with Gasteiger partial charge >= 0.3 is 5.97 Å². The Hall–Kier alpha value is -3.47. The lowest BCUT2D eigenvalue weighted by molar-refractivity contribution is 0.0525. The Labute approximate surface area is 188 Å².